The largest absolute Gasteiger partial charge is 0.313 e. The first kappa shape index (κ1) is 16.8. The first-order valence-corrected chi connectivity index (χ1v) is 8.19. The van der Waals surface area contributed by atoms with Gasteiger partial charge in [0.05, 0.1) is 0 Å². The van der Waals surface area contributed by atoms with E-state index in [1.165, 1.54) is 4.31 Å². The van der Waals surface area contributed by atoms with E-state index in [0.717, 1.165) is 24.9 Å². The second kappa shape index (κ2) is 8.14. The van der Waals surface area contributed by atoms with Gasteiger partial charge in [0.15, 0.2) is 5.03 Å². The van der Waals surface area contributed by atoms with Crippen molar-refractivity contribution in [3.63, 3.8) is 0 Å². The van der Waals surface area contributed by atoms with Gasteiger partial charge in [-0.2, -0.15) is 4.31 Å². The summed E-state index contributed by atoms with van der Waals surface area (Å²) in [6, 6.07) is 3.35. The molecule has 1 aromatic heterocycles. The molecule has 0 unspecified atom stereocenters. The molecule has 0 bridgehead atoms. The van der Waals surface area contributed by atoms with Crippen LogP contribution in [-0.2, 0) is 16.6 Å². The monoisotopic (exact) mass is 297 g/mol. The standard InChI is InChI=1S/C14H23N3O2S/c1-4-6-7-10-17(3)20(18,19)14-9-8-13(12-16-14)11-15-5-2/h4,8-9,12,15H,1,5-7,10-11H2,2-3H3. The van der Waals surface area contributed by atoms with E-state index in [9.17, 15) is 8.42 Å². The highest BCUT2D eigenvalue weighted by atomic mass is 32.2. The lowest BCUT2D eigenvalue weighted by molar-refractivity contribution is 0.460. The Bertz CT molecular complexity index is 512. The summed E-state index contributed by atoms with van der Waals surface area (Å²) in [6.07, 6.45) is 4.95. The number of nitrogens with zero attached hydrogens (tertiary/aromatic N) is 2. The van der Waals surface area contributed by atoms with E-state index in [2.05, 4.69) is 16.9 Å². The van der Waals surface area contributed by atoms with Crippen LogP contribution in [0.25, 0.3) is 0 Å². The van der Waals surface area contributed by atoms with Crippen LogP contribution in [0.1, 0.15) is 25.3 Å². The Morgan fingerprint density at radius 1 is 1.45 bits per heavy atom. The van der Waals surface area contributed by atoms with E-state index in [-0.39, 0.29) is 5.03 Å². The summed E-state index contributed by atoms with van der Waals surface area (Å²) in [6.45, 7) is 7.67. The Balaban J connectivity index is 2.73. The first-order chi connectivity index (χ1) is 9.52. The number of pyridine rings is 1. The zero-order valence-electron chi connectivity index (χ0n) is 12.2. The van der Waals surface area contributed by atoms with Gasteiger partial charge in [0, 0.05) is 26.3 Å². The SMILES string of the molecule is C=CCCCN(C)S(=O)(=O)c1ccc(CNCC)cn1. The molecule has 6 heteroatoms. The third-order valence-corrected chi connectivity index (χ3v) is 4.71. The Kier molecular flexibility index (Phi) is 6.84. The lowest BCUT2D eigenvalue weighted by Crippen LogP contribution is -2.28. The van der Waals surface area contributed by atoms with Crippen molar-refractivity contribution in [1.82, 2.24) is 14.6 Å². The minimum Gasteiger partial charge on any atom is -0.313 e. The molecule has 0 radical (unpaired) electrons. The van der Waals surface area contributed by atoms with Gasteiger partial charge in [-0.1, -0.05) is 19.1 Å². The zero-order chi connectivity index (χ0) is 15.0. The molecule has 20 heavy (non-hydrogen) atoms. The molecule has 1 N–H and O–H groups in total. The molecule has 0 aromatic carbocycles. The molecule has 0 amide bonds. The number of hydrogen-bond acceptors (Lipinski definition) is 4. The van der Waals surface area contributed by atoms with Gasteiger partial charge >= 0.3 is 0 Å². The summed E-state index contributed by atoms with van der Waals surface area (Å²) in [5.41, 5.74) is 0.972. The van der Waals surface area contributed by atoms with Crippen LogP contribution < -0.4 is 5.32 Å². The Morgan fingerprint density at radius 3 is 2.75 bits per heavy atom. The van der Waals surface area contributed by atoms with Crippen molar-refractivity contribution in [3.8, 4) is 0 Å². The van der Waals surface area contributed by atoms with Gasteiger partial charge < -0.3 is 5.32 Å². The third-order valence-electron chi connectivity index (χ3n) is 2.93. The van der Waals surface area contributed by atoms with Crippen molar-refractivity contribution < 1.29 is 8.42 Å². The van der Waals surface area contributed by atoms with Crippen molar-refractivity contribution in [2.75, 3.05) is 20.1 Å². The second-order valence-corrected chi connectivity index (χ2v) is 6.53. The number of aromatic nitrogens is 1. The molecule has 0 aliphatic heterocycles. The summed E-state index contributed by atoms with van der Waals surface area (Å²) in [4.78, 5) is 4.06. The average molecular weight is 297 g/mol. The van der Waals surface area contributed by atoms with E-state index < -0.39 is 10.0 Å². The minimum absolute atomic E-state index is 0.0962. The highest BCUT2D eigenvalue weighted by Gasteiger charge is 2.21. The summed E-state index contributed by atoms with van der Waals surface area (Å²) >= 11 is 0. The number of hydrogen-bond donors (Lipinski definition) is 1. The molecule has 0 aliphatic carbocycles. The van der Waals surface area contributed by atoms with Gasteiger partial charge in [-0.25, -0.2) is 13.4 Å². The van der Waals surface area contributed by atoms with Crippen LogP contribution in [0.15, 0.2) is 36.0 Å². The van der Waals surface area contributed by atoms with Crippen molar-refractivity contribution in [1.29, 1.82) is 0 Å². The third kappa shape index (κ3) is 4.70. The number of rotatable bonds is 9. The lowest BCUT2D eigenvalue weighted by atomic mass is 10.3. The molecule has 112 valence electrons. The fourth-order valence-electron chi connectivity index (χ4n) is 1.68. The lowest BCUT2D eigenvalue weighted by Gasteiger charge is -2.16. The van der Waals surface area contributed by atoms with Crippen LogP contribution in [0, 0.1) is 0 Å². The number of nitrogens with one attached hydrogen (secondary N) is 1. The molecule has 0 fully saturated rings. The fraction of sp³-hybridized carbons (Fsp3) is 0.500. The zero-order valence-corrected chi connectivity index (χ0v) is 13.0. The predicted molar refractivity (Wildman–Crippen MR) is 80.9 cm³/mol. The maximum Gasteiger partial charge on any atom is 0.260 e. The Hall–Kier alpha value is -1.24. The van der Waals surface area contributed by atoms with Gasteiger partial charge in [0.2, 0.25) is 0 Å². The maximum absolute atomic E-state index is 12.3. The molecule has 0 aliphatic rings. The van der Waals surface area contributed by atoms with Crippen LogP contribution in [0.3, 0.4) is 0 Å². The van der Waals surface area contributed by atoms with Gasteiger partial charge in [0.1, 0.15) is 0 Å². The van der Waals surface area contributed by atoms with E-state index in [4.69, 9.17) is 0 Å². The van der Waals surface area contributed by atoms with Crippen LogP contribution in [0.2, 0.25) is 0 Å². The molecule has 0 saturated carbocycles. The van der Waals surface area contributed by atoms with Crippen molar-refractivity contribution >= 4 is 10.0 Å². The fourth-order valence-corrected chi connectivity index (χ4v) is 2.79. The summed E-state index contributed by atoms with van der Waals surface area (Å²) in [5, 5.41) is 3.27. The highest BCUT2D eigenvalue weighted by Crippen LogP contribution is 2.13. The van der Waals surface area contributed by atoms with E-state index in [1.807, 2.05) is 6.92 Å². The highest BCUT2D eigenvalue weighted by molar-refractivity contribution is 7.89. The first-order valence-electron chi connectivity index (χ1n) is 6.75. The summed E-state index contributed by atoms with van der Waals surface area (Å²) < 4.78 is 25.9. The topological polar surface area (TPSA) is 62.3 Å². The van der Waals surface area contributed by atoms with E-state index in [0.29, 0.717) is 13.1 Å². The number of allylic oxidation sites excluding steroid dienone is 1. The van der Waals surface area contributed by atoms with Crippen LogP contribution in [0.5, 0.6) is 0 Å². The van der Waals surface area contributed by atoms with Crippen LogP contribution in [-0.4, -0.2) is 37.8 Å². The van der Waals surface area contributed by atoms with Crippen molar-refractivity contribution in [2.45, 2.75) is 31.3 Å². The maximum atomic E-state index is 12.3. The normalized spacial score (nSPS) is 11.8. The molecule has 1 heterocycles. The van der Waals surface area contributed by atoms with Gasteiger partial charge in [0.25, 0.3) is 10.0 Å². The molecule has 0 atom stereocenters. The quantitative estimate of drug-likeness (QED) is 0.557. The van der Waals surface area contributed by atoms with E-state index >= 15 is 0 Å². The summed E-state index contributed by atoms with van der Waals surface area (Å²) in [5.74, 6) is 0. The molecule has 1 rings (SSSR count). The Labute approximate surface area is 121 Å². The average Bonchev–Trinajstić information content (AvgIpc) is 2.45. The minimum atomic E-state index is -3.49. The van der Waals surface area contributed by atoms with Gasteiger partial charge in [-0.15, -0.1) is 6.58 Å². The van der Waals surface area contributed by atoms with Crippen molar-refractivity contribution in [2.24, 2.45) is 0 Å². The molecule has 1 aromatic rings. The smallest absolute Gasteiger partial charge is 0.260 e. The van der Waals surface area contributed by atoms with Crippen LogP contribution >= 0.6 is 0 Å². The van der Waals surface area contributed by atoms with Gasteiger partial charge in [-0.05, 0) is 31.0 Å². The Morgan fingerprint density at radius 2 is 2.20 bits per heavy atom. The van der Waals surface area contributed by atoms with E-state index in [1.54, 1.807) is 31.5 Å². The summed E-state index contributed by atoms with van der Waals surface area (Å²) in [7, 11) is -1.91. The van der Waals surface area contributed by atoms with Gasteiger partial charge in [-0.3, -0.25) is 0 Å². The predicted octanol–water partition coefficient (Wildman–Crippen LogP) is 1.78. The van der Waals surface area contributed by atoms with Crippen molar-refractivity contribution in [3.05, 3.63) is 36.5 Å². The van der Waals surface area contributed by atoms with Crippen LogP contribution in [0.4, 0.5) is 0 Å². The molecule has 0 saturated heterocycles. The molecule has 5 nitrogen and oxygen atoms in total. The second-order valence-electron chi connectivity index (χ2n) is 4.54. The molecular weight excluding hydrogens is 274 g/mol. The molecular formula is C14H23N3O2S. The number of sulfonamides is 1. The molecule has 0 spiro atoms. The number of unbranched alkanes of at least 4 members (excludes halogenated alkanes) is 1.